The van der Waals surface area contributed by atoms with Gasteiger partial charge in [0.25, 0.3) is 0 Å². The fraction of sp³-hybridized carbons (Fsp3) is 0.885. The fourth-order valence-corrected chi connectivity index (χ4v) is 9.73. The summed E-state index contributed by atoms with van der Waals surface area (Å²) in [5, 5.41) is 0. The highest BCUT2D eigenvalue weighted by Crippen LogP contribution is 2.73. The van der Waals surface area contributed by atoms with Crippen LogP contribution in [-0.4, -0.2) is 82.5 Å². The number of methoxy groups -OCH3 is 3. The molecule has 6 aliphatic rings. The minimum absolute atomic E-state index is 0.0221. The van der Waals surface area contributed by atoms with Gasteiger partial charge in [0.1, 0.15) is 12.3 Å². The third-order valence-electron chi connectivity index (χ3n) is 10.4. The Balaban J connectivity index is 1.56. The summed E-state index contributed by atoms with van der Waals surface area (Å²) >= 11 is 0. The summed E-state index contributed by atoms with van der Waals surface area (Å²) in [6.07, 6.45) is 6.54. The Morgan fingerprint density at radius 2 is 2.09 bits per heavy atom. The molecule has 7 bridgehead atoms. The van der Waals surface area contributed by atoms with Crippen molar-refractivity contribution < 1.29 is 28.5 Å². The SMILES string of the molecule is CCN1C[C@]2(COC)CC[C@H](OC)[C@]34[C@@H]5C[C@H]6[C@H](OC(C)=O)[C@@H]5C(=C[C@H](O[C@@H]13)[C@H]24)C[C@@H]6OC. The first-order chi connectivity index (χ1) is 15.9. The normalized spacial score (nSPS) is 51.8. The van der Waals surface area contributed by atoms with Crippen molar-refractivity contribution in [2.24, 2.45) is 34.5 Å². The molecule has 7 heteroatoms. The minimum Gasteiger partial charge on any atom is -0.462 e. The zero-order chi connectivity index (χ0) is 23.1. The zero-order valence-corrected chi connectivity index (χ0v) is 20.6. The quantitative estimate of drug-likeness (QED) is 0.445. The molecule has 2 heterocycles. The number of fused-ring (bicyclic) bond motifs is 1. The minimum atomic E-state index is -0.194. The van der Waals surface area contributed by atoms with Crippen LogP contribution in [-0.2, 0) is 28.5 Å². The van der Waals surface area contributed by atoms with E-state index in [0.29, 0.717) is 11.8 Å². The van der Waals surface area contributed by atoms with Gasteiger partial charge in [-0.05, 0) is 38.1 Å². The van der Waals surface area contributed by atoms with E-state index in [1.54, 1.807) is 7.11 Å². The largest absolute Gasteiger partial charge is 0.462 e. The average Bonchev–Trinajstić information content (AvgIpc) is 3.15. The molecular formula is C26H39NO6. The molecule has 0 N–H and O–H groups in total. The van der Waals surface area contributed by atoms with Gasteiger partial charge >= 0.3 is 5.97 Å². The molecule has 0 aromatic carbocycles. The topological polar surface area (TPSA) is 66.5 Å². The molecule has 184 valence electrons. The second-order valence-electron chi connectivity index (χ2n) is 11.4. The highest BCUT2D eigenvalue weighted by molar-refractivity contribution is 5.66. The van der Waals surface area contributed by atoms with Gasteiger partial charge in [-0.3, -0.25) is 9.69 Å². The summed E-state index contributed by atoms with van der Waals surface area (Å²) < 4.78 is 31.4. The van der Waals surface area contributed by atoms with Crippen molar-refractivity contribution in [1.29, 1.82) is 0 Å². The second kappa shape index (κ2) is 7.76. The summed E-state index contributed by atoms with van der Waals surface area (Å²) in [6, 6.07) is 0. The van der Waals surface area contributed by atoms with Crippen molar-refractivity contribution in [3.63, 3.8) is 0 Å². The molecule has 33 heavy (non-hydrogen) atoms. The van der Waals surface area contributed by atoms with Gasteiger partial charge in [-0.1, -0.05) is 18.6 Å². The summed E-state index contributed by atoms with van der Waals surface area (Å²) in [7, 11) is 5.51. The van der Waals surface area contributed by atoms with Crippen LogP contribution >= 0.6 is 0 Å². The monoisotopic (exact) mass is 461 g/mol. The number of hydrogen-bond donors (Lipinski definition) is 0. The standard InChI is InChI=1S/C26H39NO6/c1-6-27-12-25(13-29-3)8-7-20(31-5)26-17-11-16-18(30-4)9-15(21(17)22(16)32-14(2)28)10-19(23(25)26)33-24(26)27/h10,16-24H,6-9,11-13H2,1-5H3/t16-,17-,18+,19+,20+,21-,22+,23-,24-,25+,26+/m1/s1. The molecule has 0 unspecified atom stereocenters. The number of carbonyl (C=O) groups is 1. The Morgan fingerprint density at radius 1 is 1.27 bits per heavy atom. The summed E-state index contributed by atoms with van der Waals surface area (Å²) in [5.74, 6) is 0.913. The molecule has 0 aromatic rings. The first kappa shape index (κ1) is 22.5. The van der Waals surface area contributed by atoms with Crippen LogP contribution in [0.15, 0.2) is 11.6 Å². The van der Waals surface area contributed by atoms with Crippen LogP contribution in [0.1, 0.15) is 39.5 Å². The Labute approximate surface area is 197 Å². The Bertz CT molecular complexity index is 847. The van der Waals surface area contributed by atoms with E-state index in [0.717, 1.165) is 45.4 Å². The lowest BCUT2D eigenvalue weighted by atomic mass is 9.46. The highest BCUT2D eigenvalue weighted by atomic mass is 16.6. The van der Waals surface area contributed by atoms with Crippen molar-refractivity contribution in [2.45, 2.75) is 70.2 Å². The second-order valence-corrected chi connectivity index (χ2v) is 11.4. The van der Waals surface area contributed by atoms with Gasteiger partial charge in [0.2, 0.25) is 0 Å². The Hall–Kier alpha value is -0.990. The van der Waals surface area contributed by atoms with E-state index in [1.807, 2.05) is 14.2 Å². The van der Waals surface area contributed by atoms with Crippen LogP contribution in [0.4, 0.5) is 0 Å². The number of likely N-dealkylation sites (tertiary alicyclic amines) is 1. The molecule has 2 saturated heterocycles. The number of nitrogens with zero attached hydrogens (tertiary/aromatic N) is 1. The predicted molar refractivity (Wildman–Crippen MR) is 120 cm³/mol. The van der Waals surface area contributed by atoms with Gasteiger partial charge in [0.15, 0.2) is 0 Å². The predicted octanol–water partition coefficient (Wildman–Crippen LogP) is 2.63. The summed E-state index contributed by atoms with van der Waals surface area (Å²) in [6.45, 7) is 6.48. The van der Waals surface area contributed by atoms with Gasteiger partial charge in [0.05, 0.1) is 24.9 Å². The third kappa shape index (κ3) is 2.72. The number of rotatable bonds is 6. The van der Waals surface area contributed by atoms with Gasteiger partial charge in [-0.2, -0.15) is 0 Å². The molecule has 6 rings (SSSR count). The maximum absolute atomic E-state index is 12.2. The van der Waals surface area contributed by atoms with Crippen LogP contribution < -0.4 is 0 Å². The maximum Gasteiger partial charge on any atom is 0.302 e. The lowest BCUT2D eigenvalue weighted by Crippen LogP contribution is -2.71. The molecule has 0 spiro atoms. The molecule has 4 aliphatic carbocycles. The van der Waals surface area contributed by atoms with Crippen molar-refractivity contribution >= 4 is 5.97 Å². The van der Waals surface area contributed by atoms with Crippen LogP contribution in [0.2, 0.25) is 0 Å². The summed E-state index contributed by atoms with van der Waals surface area (Å²) in [4.78, 5) is 14.8. The van der Waals surface area contributed by atoms with Crippen molar-refractivity contribution in [3.05, 3.63) is 11.6 Å². The smallest absolute Gasteiger partial charge is 0.302 e. The first-order valence-corrected chi connectivity index (χ1v) is 12.8. The van der Waals surface area contributed by atoms with Crippen LogP contribution in [0.5, 0.6) is 0 Å². The number of hydrogen-bond acceptors (Lipinski definition) is 7. The lowest BCUT2D eigenvalue weighted by Gasteiger charge is -2.64. The maximum atomic E-state index is 12.2. The van der Waals surface area contributed by atoms with E-state index in [1.165, 1.54) is 12.5 Å². The summed E-state index contributed by atoms with van der Waals surface area (Å²) in [5.41, 5.74) is 1.27. The first-order valence-electron chi connectivity index (χ1n) is 12.8. The van der Waals surface area contributed by atoms with E-state index in [4.69, 9.17) is 23.7 Å². The van der Waals surface area contributed by atoms with Gasteiger partial charge < -0.3 is 23.7 Å². The molecular weight excluding hydrogens is 422 g/mol. The van der Waals surface area contributed by atoms with Crippen LogP contribution in [0.3, 0.4) is 0 Å². The molecule has 5 fully saturated rings. The molecule has 0 aromatic heterocycles. The van der Waals surface area contributed by atoms with Gasteiger partial charge in [-0.25, -0.2) is 0 Å². The van der Waals surface area contributed by atoms with Crippen LogP contribution in [0.25, 0.3) is 0 Å². The van der Waals surface area contributed by atoms with E-state index in [9.17, 15) is 4.79 Å². The molecule has 0 amide bonds. The van der Waals surface area contributed by atoms with E-state index < -0.39 is 0 Å². The van der Waals surface area contributed by atoms with E-state index >= 15 is 0 Å². The molecule has 2 aliphatic heterocycles. The fourth-order valence-electron chi connectivity index (χ4n) is 9.73. The van der Waals surface area contributed by atoms with Crippen molar-refractivity contribution in [2.75, 3.05) is 41.0 Å². The molecule has 0 radical (unpaired) electrons. The van der Waals surface area contributed by atoms with Crippen LogP contribution in [0, 0.1) is 34.5 Å². The lowest BCUT2D eigenvalue weighted by molar-refractivity contribution is -0.246. The zero-order valence-electron chi connectivity index (χ0n) is 20.6. The number of carbonyl (C=O) groups excluding carboxylic acids is 1. The van der Waals surface area contributed by atoms with E-state index in [2.05, 4.69) is 17.9 Å². The average molecular weight is 462 g/mol. The Morgan fingerprint density at radius 3 is 2.76 bits per heavy atom. The van der Waals surface area contributed by atoms with Crippen molar-refractivity contribution in [1.82, 2.24) is 4.90 Å². The van der Waals surface area contributed by atoms with Gasteiger partial charge in [-0.15, -0.1) is 0 Å². The Kier molecular flexibility index (Phi) is 5.28. The highest BCUT2D eigenvalue weighted by Gasteiger charge is 2.78. The van der Waals surface area contributed by atoms with E-state index in [-0.39, 0.29) is 59.3 Å². The van der Waals surface area contributed by atoms with Gasteiger partial charge in [0, 0.05) is 63.4 Å². The number of piperidine rings is 1. The number of esters is 1. The third-order valence-corrected chi connectivity index (χ3v) is 10.4. The number of ether oxygens (including phenoxy) is 5. The molecule has 7 nitrogen and oxygen atoms in total. The molecule has 3 saturated carbocycles. The van der Waals surface area contributed by atoms with Crippen molar-refractivity contribution in [3.8, 4) is 0 Å². The molecule has 11 atom stereocenters.